The standard InChI is InChI=1S/C6H10N2O2/c1-5(4-9)8-6(10)2-3-7/h5,9H,2,4H2,1H3,(H,8,10)/t5-/m0/s1. The zero-order valence-electron chi connectivity index (χ0n) is 5.79. The normalized spacial score (nSPS) is 11.7. The zero-order chi connectivity index (χ0) is 7.98. The van der Waals surface area contributed by atoms with Gasteiger partial charge in [0, 0.05) is 6.04 Å². The second kappa shape index (κ2) is 4.77. The van der Waals surface area contributed by atoms with Gasteiger partial charge in [-0.3, -0.25) is 4.79 Å². The van der Waals surface area contributed by atoms with Gasteiger partial charge in [-0.15, -0.1) is 0 Å². The lowest BCUT2D eigenvalue weighted by molar-refractivity contribution is -0.121. The maximum absolute atomic E-state index is 10.6. The highest BCUT2D eigenvalue weighted by Crippen LogP contribution is 1.81. The van der Waals surface area contributed by atoms with Crippen LogP contribution in [0.5, 0.6) is 0 Å². The fourth-order valence-electron chi connectivity index (χ4n) is 0.443. The summed E-state index contributed by atoms with van der Waals surface area (Å²) in [4.78, 5) is 10.6. The summed E-state index contributed by atoms with van der Waals surface area (Å²) >= 11 is 0. The number of nitriles is 1. The molecule has 0 aromatic heterocycles. The van der Waals surface area contributed by atoms with E-state index in [4.69, 9.17) is 10.4 Å². The van der Waals surface area contributed by atoms with Crippen LogP contribution >= 0.6 is 0 Å². The Labute approximate surface area is 59.5 Å². The lowest BCUT2D eigenvalue weighted by atomic mass is 10.3. The molecule has 0 saturated heterocycles. The second-order valence-electron chi connectivity index (χ2n) is 1.99. The van der Waals surface area contributed by atoms with Gasteiger partial charge in [0.05, 0.1) is 12.7 Å². The molecule has 0 aromatic rings. The van der Waals surface area contributed by atoms with Crippen molar-refractivity contribution in [1.29, 1.82) is 5.26 Å². The van der Waals surface area contributed by atoms with Crippen LogP contribution in [0.2, 0.25) is 0 Å². The Morgan fingerprint density at radius 2 is 2.50 bits per heavy atom. The Bertz CT molecular complexity index is 150. The lowest BCUT2D eigenvalue weighted by Crippen LogP contribution is -2.34. The molecule has 4 heteroatoms. The third-order valence-electron chi connectivity index (χ3n) is 0.921. The third-order valence-corrected chi connectivity index (χ3v) is 0.921. The van der Waals surface area contributed by atoms with Gasteiger partial charge in [0.15, 0.2) is 0 Å². The number of rotatable bonds is 3. The van der Waals surface area contributed by atoms with E-state index < -0.39 is 0 Å². The Hall–Kier alpha value is -1.08. The lowest BCUT2D eigenvalue weighted by Gasteiger charge is -2.07. The van der Waals surface area contributed by atoms with Gasteiger partial charge in [0.25, 0.3) is 0 Å². The van der Waals surface area contributed by atoms with E-state index in [2.05, 4.69) is 5.32 Å². The summed E-state index contributed by atoms with van der Waals surface area (Å²) in [5, 5.41) is 18.9. The first-order valence-corrected chi connectivity index (χ1v) is 2.98. The first-order valence-electron chi connectivity index (χ1n) is 2.98. The SMILES string of the molecule is C[C@@H](CO)NC(=O)CC#N. The number of carbonyl (C=O) groups excluding carboxylic acids is 1. The second-order valence-corrected chi connectivity index (χ2v) is 1.99. The first-order chi connectivity index (χ1) is 4.70. The zero-order valence-corrected chi connectivity index (χ0v) is 5.79. The molecule has 1 amide bonds. The van der Waals surface area contributed by atoms with E-state index in [0.29, 0.717) is 0 Å². The minimum absolute atomic E-state index is 0.100. The van der Waals surface area contributed by atoms with Crippen molar-refractivity contribution in [3.8, 4) is 6.07 Å². The number of aliphatic hydroxyl groups is 1. The fraction of sp³-hybridized carbons (Fsp3) is 0.667. The molecule has 0 heterocycles. The molecule has 2 N–H and O–H groups in total. The monoisotopic (exact) mass is 142 g/mol. The van der Waals surface area contributed by atoms with Crippen molar-refractivity contribution < 1.29 is 9.90 Å². The summed E-state index contributed by atoms with van der Waals surface area (Å²) in [6, 6.07) is 1.44. The van der Waals surface area contributed by atoms with Crippen molar-refractivity contribution in [2.45, 2.75) is 19.4 Å². The number of hydrogen-bond donors (Lipinski definition) is 2. The van der Waals surface area contributed by atoms with Crippen LogP contribution in [0.1, 0.15) is 13.3 Å². The Morgan fingerprint density at radius 3 is 2.90 bits per heavy atom. The maximum Gasteiger partial charge on any atom is 0.234 e. The van der Waals surface area contributed by atoms with Gasteiger partial charge in [-0.2, -0.15) is 5.26 Å². The van der Waals surface area contributed by atoms with Crippen LogP contribution < -0.4 is 5.32 Å². The summed E-state index contributed by atoms with van der Waals surface area (Å²) in [6.45, 7) is 1.56. The van der Waals surface area contributed by atoms with Gasteiger partial charge in [0.1, 0.15) is 6.42 Å². The van der Waals surface area contributed by atoms with E-state index in [9.17, 15) is 4.79 Å². The molecule has 0 spiro atoms. The number of hydrogen-bond acceptors (Lipinski definition) is 3. The Kier molecular flexibility index (Phi) is 4.25. The molecule has 0 fully saturated rings. The Morgan fingerprint density at radius 1 is 1.90 bits per heavy atom. The fourth-order valence-corrected chi connectivity index (χ4v) is 0.443. The van der Waals surface area contributed by atoms with Crippen molar-refractivity contribution in [2.75, 3.05) is 6.61 Å². The molecule has 0 saturated carbocycles. The molecule has 0 aliphatic rings. The molecule has 0 bridgehead atoms. The number of amides is 1. The van der Waals surface area contributed by atoms with Gasteiger partial charge in [-0.1, -0.05) is 0 Å². The summed E-state index contributed by atoms with van der Waals surface area (Å²) in [5.41, 5.74) is 0. The van der Waals surface area contributed by atoms with E-state index in [0.717, 1.165) is 0 Å². The topological polar surface area (TPSA) is 73.1 Å². The summed E-state index contributed by atoms with van der Waals surface area (Å²) in [5.74, 6) is -0.343. The highest BCUT2D eigenvalue weighted by atomic mass is 16.3. The minimum Gasteiger partial charge on any atom is -0.394 e. The highest BCUT2D eigenvalue weighted by molar-refractivity contribution is 5.78. The number of nitrogens with one attached hydrogen (secondary N) is 1. The molecular weight excluding hydrogens is 132 g/mol. The van der Waals surface area contributed by atoms with Crippen molar-refractivity contribution in [3.63, 3.8) is 0 Å². The average Bonchev–Trinajstić information content (AvgIpc) is 1.88. The van der Waals surface area contributed by atoms with Crippen LogP contribution in [0.25, 0.3) is 0 Å². The average molecular weight is 142 g/mol. The molecule has 0 aromatic carbocycles. The number of aliphatic hydroxyl groups excluding tert-OH is 1. The van der Waals surface area contributed by atoms with Crippen LogP contribution in [-0.4, -0.2) is 23.7 Å². The first kappa shape index (κ1) is 8.92. The van der Waals surface area contributed by atoms with Crippen molar-refractivity contribution in [1.82, 2.24) is 5.32 Å². The molecule has 0 radical (unpaired) electrons. The van der Waals surface area contributed by atoms with Crippen molar-refractivity contribution in [2.24, 2.45) is 0 Å². The number of carbonyl (C=O) groups is 1. The molecule has 0 aliphatic heterocycles. The largest absolute Gasteiger partial charge is 0.394 e. The van der Waals surface area contributed by atoms with Crippen molar-refractivity contribution in [3.05, 3.63) is 0 Å². The van der Waals surface area contributed by atoms with Crippen LogP contribution in [0.4, 0.5) is 0 Å². The predicted octanol–water partition coefficient (Wildman–Crippen LogP) is -0.603. The Balaban J connectivity index is 3.49. The van der Waals surface area contributed by atoms with E-state index in [1.54, 1.807) is 13.0 Å². The molecular formula is C6H10N2O2. The van der Waals surface area contributed by atoms with Crippen LogP contribution in [0.3, 0.4) is 0 Å². The molecule has 56 valence electrons. The quantitative estimate of drug-likeness (QED) is 0.552. The molecule has 10 heavy (non-hydrogen) atoms. The maximum atomic E-state index is 10.6. The smallest absolute Gasteiger partial charge is 0.234 e. The third kappa shape index (κ3) is 3.87. The van der Waals surface area contributed by atoms with Crippen LogP contribution in [0.15, 0.2) is 0 Å². The molecule has 4 nitrogen and oxygen atoms in total. The van der Waals surface area contributed by atoms with Crippen molar-refractivity contribution >= 4 is 5.91 Å². The summed E-state index contributed by atoms with van der Waals surface area (Å²) in [7, 11) is 0. The summed E-state index contributed by atoms with van der Waals surface area (Å²) < 4.78 is 0. The van der Waals surface area contributed by atoms with Gasteiger partial charge in [-0.05, 0) is 6.92 Å². The molecule has 1 atom stereocenters. The van der Waals surface area contributed by atoms with Gasteiger partial charge in [0.2, 0.25) is 5.91 Å². The van der Waals surface area contributed by atoms with E-state index in [1.807, 2.05) is 0 Å². The molecule has 0 unspecified atom stereocenters. The van der Waals surface area contributed by atoms with E-state index >= 15 is 0 Å². The summed E-state index contributed by atoms with van der Waals surface area (Å²) in [6.07, 6.45) is -0.148. The van der Waals surface area contributed by atoms with E-state index in [1.165, 1.54) is 0 Å². The minimum atomic E-state index is -0.343. The molecule has 0 aliphatic carbocycles. The van der Waals surface area contributed by atoms with Gasteiger partial charge in [-0.25, -0.2) is 0 Å². The predicted molar refractivity (Wildman–Crippen MR) is 34.9 cm³/mol. The number of nitrogens with zero attached hydrogens (tertiary/aromatic N) is 1. The molecule has 0 rings (SSSR count). The van der Waals surface area contributed by atoms with Gasteiger partial charge >= 0.3 is 0 Å². The van der Waals surface area contributed by atoms with Crippen LogP contribution in [0, 0.1) is 11.3 Å². The van der Waals surface area contributed by atoms with Gasteiger partial charge < -0.3 is 10.4 Å². The van der Waals surface area contributed by atoms with E-state index in [-0.39, 0.29) is 25.0 Å². The highest BCUT2D eigenvalue weighted by Gasteiger charge is 2.03. The van der Waals surface area contributed by atoms with Crippen LogP contribution in [-0.2, 0) is 4.79 Å².